The van der Waals surface area contributed by atoms with Crippen LogP contribution in [0.15, 0.2) is 0 Å². The fourth-order valence-electron chi connectivity index (χ4n) is 2.39. The first-order valence-corrected chi connectivity index (χ1v) is 4.59. The average molecular weight is 182 g/mol. The van der Waals surface area contributed by atoms with Gasteiger partial charge in [-0.05, 0) is 18.3 Å². The number of fused-ring (bicyclic) bond motifs is 1. The first-order valence-electron chi connectivity index (χ1n) is 4.59. The molecule has 1 heterocycles. The van der Waals surface area contributed by atoms with Gasteiger partial charge in [0.05, 0.1) is 5.92 Å². The number of carbonyl (C=O) groups is 2. The average Bonchev–Trinajstić information content (AvgIpc) is 2.23. The van der Waals surface area contributed by atoms with Crippen LogP contribution in [0.2, 0.25) is 0 Å². The molecule has 0 bridgehead atoms. The predicted octanol–water partition coefficient (Wildman–Crippen LogP) is 0.631. The van der Waals surface area contributed by atoms with Gasteiger partial charge in [0.15, 0.2) is 0 Å². The summed E-state index contributed by atoms with van der Waals surface area (Å²) in [6.07, 6.45) is 1.76. The van der Waals surface area contributed by atoms with Crippen LogP contribution in [-0.2, 0) is 4.79 Å². The topological polar surface area (TPSA) is 58.2 Å². The van der Waals surface area contributed by atoms with Gasteiger partial charge in [0.1, 0.15) is 0 Å². The van der Waals surface area contributed by atoms with Gasteiger partial charge < -0.3 is 5.32 Å². The molecule has 2 atom stereocenters. The van der Waals surface area contributed by atoms with Crippen LogP contribution in [0, 0.1) is 11.3 Å². The number of imide groups is 1. The molecule has 13 heavy (non-hydrogen) atoms. The maximum Gasteiger partial charge on any atom is 0.321 e. The molecule has 3 amide bonds. The minimum absolute atomic E-state index is 0.0206. The number of amides is 3. The molecule has 0 aromatic carbocycles. The molecular weight excluding hydrogens is 168 g/mol. The standard InChI is InChI=1S/C9H14N2O2/c1-9(2)3-5-6(4-9)10-8(13)11-7(5)12/h5-6H,3-4H2,1-2H3,(H2,10,11,12,13). The predicted molar refractivity (Wildman–Crippen MR) is 47.0 cm³/mol. The van der Waals surface area contributed by atoms with Crippen LogP contribution in [-0.4, -0.2) is 18.0 Å². The van der Waals surface area contributed by atoms with E-state index in [2.05, 4.69) is 24.5 Å². The lowest BCUT2D eigenvalue weighted by atomic mass is 9.90. The maximum atomic E-state index is 11.4. The highest BCUT2D eigenvalue weighted by atomic mass is 16.2. The number of hydrogen-bond acceptors (Lipinski definition) is 2. The van der Waals surface area contributed by atoms with Crippen molar-refractivity contribution < 1.29 is 9.59 Å². The van der Waals surface area contributed by atoms with Crippen molar-refractivity contribution in [1.29, 1.82) is 0 Å². The normalized spacial score (nSPS) is 36.5. The van der Waals surface area contributed by atoms with Gasteiger partial charge in [0, 0.05) is 6.04 Å². The van der Waals surface area contributed by atoms with E-state index in [1.54, 1.807) is 0 Å². The van der Waals surface area contributed by atoms with Gasteiger partial charge in [-0.3, -0.25) is 10.1 Å². The molecule has 0 radical (unpaired) electrons. The minimum atomic E-state index is -0.344. The second kappa shape index (κ2) is 2.47. The van der Waals surface area contributed by atoms with Gasteiger partial charge in [-0.25, -0.2) is 4.79 Å². The Morgan fingerprint density at radius 3 is 2.69 bits per heavy atom. The van der Waals surface area contributed by atoms with Crippen molar-refractivity contribution in [2.75, 3.05) is 0 Å². The number of urea groups is 1. The molecule has 2 rings (SSSR count). The molecular formula is C9H14N2O2. The first-order chi connectivity index (χ1) is 5.98. The molecule has 1 aliphatic carbocycles. The zero-order valence-corrected chi connectivity index (χ0v) is 7.89. The Bertz CT molecular complexity index is 273. The molecule has 2 aliphatic rings. The first kappa shape index (κ1) is 8.53. The third-order valence-electron chi connectivity index (χ3n) is 2.92. The highest BCUT2D eigenvalue weighted by Crippen LogP contribution is 2.41. The maximum absolute atomic E-state index is 11.4. The van der Waals surface area contributed by atoms with E-state index in [1.165, 1.54) is 0 Å². The number of rotatable bonds is 0. The zero-order valence-electron chi connectivity index (χ0n) is 7.89. The van der Waals surface area contributed by atoms with E-state index in [0.29, 0.717) is 0 Å². The molecule has 0 aromatic rings. The molecule has 0 spiro atoms. The van der Waals surface area contributed by atoms with E-state index in [4.69, 9.17) is 0 Å². The van der Waals surface area contributed by atoms with Crippen molar-refractivity contribution in [1.82, 2.24) is 10.6 Å². The second-order valence-electron chi connectivity index (χ2n) is 4.75. The lowest BCUT2D eigenvalue weighted by Crippen LogP contribution is -2.56. The van der Waals surface area contributed by atoms with Crippen LogP contribution in [0.25, 0.3) is 0 Å². The summed E-state index contributed by atoms with van der Waals surface area (Å²) in [4.78, 5) is 22.4. The van der Waals surface area contributed by atoms with Crippen molar-refractivity contribution in [2.45, 2.75) is 32.7 Å². The van der Waals surface area contributed by atoms with Crippen LogP contribution < -0.4 is 10.6 Å². The van der Waals surface area contributed by atoms with Gasteiger partial charge in [-0.1, -0.05) is 13.8 Å². The fraction of sp³-hybridized carbons (Fsp3) is 0.778. The van der Waals surface area contributed by atoms with Crippen molar-refractivity contribution in [3.8, 4) is 0 Å². The summed E-state index contributed by atoms with van der Waals surface area (Å²) in [7, 11) is 0. The largest absolute Gasteiger partial charge is 0.334 e. The Labute approximate surface area is 77.1 Å². The molecule has 1 saturated heterocycles. The molecule has 2 unspecified atom stereocenters. The molecule has 4 nitrogen and oxygen atoms in total. The molecule has 0 aromatic heterocycles. The van der Waals surface area contributed by atoms with Crippen LogP contribution in [0.4, 0.5) is 4.79 Å². The monoisotopic (exact) mass is 182 g/mol. The smallest absolute Gasteiger partial charge is 0.321 e. The molecule has 72 valence electrons. The highest BCUT2D eigenvalue weighted by molar-refractivity contribution is 5.98. The summed E-state index contributed by atoms with van der Waals surface area (Å²) in [5, 5.41) is 5.09. The summed E-state index contributed by atoms with van der Waals surface area (Å²) in [5.74, 6) is -0.132. The molecule has 4 heteroatoms. The van der Waals surface area contributed by atoms with Gasteiger partial charge in [-0.2, -0.15) is 0 Å². The van der Waals surface area contributed by atoms with E-state index in [1.807, 2.05) is 0 Å². The zero-order chi connectivity index (χ0) is 9.64. The minimum Gasteiger partial charge on any atom is -0.334 e. The lowest BCUT2D eigenvalue weighted by molar-refractivity contribution is -0.125. The van der Waals surface area contributed by atoms with Gasteiger partial charge in [0.2, 0.25) is 5.91 Å². The van der Waals surface area contributed by atoms with E-state index < -0.39 is 0 Å². The Morgan fingerprint density at radius 1 is 1.31 bits per heavy atom. The third kappa shape index (κ3) is 1.41. The van der Waals surface area contributed by atoms with Gasteiger partial charge in [0.25, 0.3) is 0 Å². The highest BCUT2D eigenvalue weighted by Gasteiger charge is 2.46. The molecule has 1 saturated carbocycles. The van der Waals surface area contributed by atoms with Crippen LogP contribution in [0.3, 0.4) is 0 Å². The summed E-state index contributed by atoms with van der Waals surface area (Å²) in [6, 6.07) is -0.291. The summed E-state index contributed by atoms with van der Waals surface area (Å²) in [5.41, 5.74) is 0.171. The molecule has 2 fully saturated rings. The third-order valence-corrected chi connectivity index (χ3v) is 2.92. The fourth-order valence-corrected chi connectivity index (χ4v) is 2.39. The van der Waals surface area contributed by atoms with Crippen molar-refractivity contribution >= 4 is 11.9 Å². The Kier molecular flexibility index (Phi) is 1.62. The van der Waals surface area contributed by atoms with Crippen LogP contribution in [0.5, 0.6) is 0 Å². The van der Waals surface area contributed by atoms with Gasteiger partial charge >= 0.3 is 6.03 Å². The Morgan fingerprint density at radius 2 is 2.00 bits per heavy atom. The quantitative estimate of drug-likeness (QED) is 0.577. The summed E-state index contributed by atoms with van der Waals surface area (Å²) >= 11 is 0. The summed E-state index contributed by atoms with van der Waals surface area (Å²) in [6.45, 7) is 4.26. The van der Waals surface area contributed by atoms with Crippen molar-refractivity contribution in [3.63, 3.8) is 0 Å². The number of nitrogens with one attached hydrogen (secondary N) is 2. The van der Waals surface area contributed by atoms with E-state index in [0.717, 1.165) is 12.8 Å². The Balaban J connectivity index is 2.19. The van der Waals surface area contributed by atoms with Crippen LogP contribution in [0.1, 0.15) is 26.7 Å². The summed E-state index contributed by atoms with van der Waals surface area (Å²) < 4.78 is 0. The lowest BCUT2D eigenvalue weighted by Gasteiger charge is -2.25. The van der Waals surface area contributed by atoms with Crippen molar-refractivity contribution in [2.24, 2.45) is 11.3 Å². The second-order valence-corrected chi connectivity index (χ2v) is 4.75. The van der Waals surface area contributed by atoms with Gasteiger partial charge in [-0.15, -0.1) is 0 Å². The van der Waals surface area contributed by atoms with E-state index in [-0.39, 0.29) is 29.3 Å². The Hall–Kier alpha value is -1.06. The van der Waals surface area contributed by atoms with E-state index >= 15 is 0 Å². The number of carbonyl (C=O) groups excluding carboxylic acids is 2. The SMILES string of the molecule is CC1(C)CC2NC(=O)NC(=O)C2C1. The van der Waals surface area contributed by atoms with Crippen molar-refractivity contribution in [3.05, 3.63) is 0 Å². The van der Waals surface area contributed by atoms with E-state index in [9.17, 15) is 9.59 Å². The molecule has 2 N–H and O–H groups in total. The van der Waals surface area contributed by atoms with Crippen LogP contribution >= 0.6 is 0 Å². The molecule has 1 aliphatic heterocycles. The number of hydrogen-bond donors (Lipinski definition) is 2.